The molecule has 2 N–H and O–H groups in total. The minimum atomic E-state index is 0.750. The van der Waals surface area contributed by atoms with Crippen LogP contribution >= 0.6 is 23.8 Å². The number of hydrogen-bond donors (Lipinski definition) is 2. The third-order valence-corrected chi connectivity index (χ3v) is 4.27. The summed E-state index contributed by atoms with van der Waals surface area (Å²) in [6.07, 6.45) is 9.65. The largest absolute Gasteiger partial charge is 0.362 e. The molecule has 0 aromatic heterocycles. The molecule has 0 fully saturated rings. The van der Waals surface area contributed by atoms with Crippen molar-refractivity contribution in [1.29, 1.82) is 0 Å². The molecule has 4 heteroatoms. The smallest absolute Gasteiger partial charge is 0.166 e. The first-order valence-corrected chi connectivity index (χ1v) is 8.47. The van der Waals surface area contributed by atoms with Gasteiger partial charge in [0.05, 0.1) is 0 Å². The highest BCUT2D eigenvalue weighted by Crippen LogP contribution is 2.19. The number of nitrogens with one attached hydrogen (secondary N) is 2. The molecule has 0 atom stereocenters. The Morgan fingerprint density at radius 3 is 2.43 bits per heavy atom. The van der Waals surface area contributed by atoms with Gasteiger partial charge in [-0.1, -0.05) is 35.4 Å². The number of hydrogen-bond acceptors (Lipinski definition) is 1. The van der Waals surface area contributed by atoms with E-state index >= 15 is 0 Å². The highest BCUT2D eigenvalue weighted by Gasteiger charge is 2.03. The van der Waals surface area contributed by atoms with Crippen molar-refractivity contribution in [2.45, 2.75) is 38.5 Å². The van der Waals surface area contributed by atoms with E-state index in [4.69, 9.17) is 23.8 Å². The van der Waals surface area contributed by atoms with Gasteiger partial charge in [-0.15, -0.1) is 0 Å². The highest BCUT2D eigenvalue weighted by molar-refractivity contribution is 7.80. The van der Waals surface area contributed by atoms with E-state index in [-0.39, 0.29) is 0 Å². The van der Waals surface area contributed by atoms with Crippen LogP contribution in [-0.4, -0.2) is 18.2 Å². The minimum Gasteiger partial charge on any atom is -0.362 e. The van der Waals surface area contributed by atoms with Crippen LogP contribution in [0.3, 0.4) is 0 Å². The molecule has 0 aliphatic heterocycles. The zero-order valence-electron chi connectivity index (χ0n) is 12.3. The Labute approximate surface area is 138 Å². The first-order valence-electron chi connectivity index (χ1n) is 7.68. The Balaban J connectivity index is 1.57. The molecule has 1 aliphatic carbocycles. The summed E-state index contributed by atoms with van der Waals surface area (Å²) in [5, 5.41) is 8.06. The topological polar surface area (TPSA) is 24.1 Å². The standard InChI is InChI=1S/C17H23ClN2S/c18-16-8-6-15(7-9-16)11-13-20-17(21)19-12-10-14-4-2-1-3-5-14/h4,6-9H,1-3,5,10-13H2,(H2,19,20,21). The van der Waals surface area contributed by atoms with Crippen molar-refractivity contribution >= 4 is 28.9 Å². The molecule has 0 heterocycles. The molecule has 1 aromatic carbocycles. The van der Waals surface area contributed by atoms with Crippen LogP contribution < -0.4 is 10.6 Å². The van der Waals surface area contributed by atoms with Crippen LogP contribution in [0.4, 0.5) is 0 Å². The summed E-state index contributed by atoms with van der Waals surface area (Å²) in [6, 6.07) is 7.95. The number of allylic oxidation sites excluding steroid dienone is 1. The molecule has 114 valence electrons. The SMILES string of the molecule is S=C(NCCC1=CCCCC1)NCCc1ccc(Cl)cc1. The predicted molar refractivity (Wildman–Crippen MR) is 94.9 cm³/mol. The maximum Gasteiger partial charge on any atom is 0.166 e. The lowest BCUT2D eigenvalue weighted by Crippen LogP contribution is -2.37. The van der Waals surface area contributed by atoms with Crippen LogP contribution in [0.25, 0.3) is 0 Å². The van der Waals surface area contributed by atoms with Crippen LogP contribution in [0, 0.1) is 0 Å². The van der Waals surface area contributed by atoms with E-state index < -0.39 is 0 Å². The molecule has 0 spiro atoms. The van der Waals surface area contributed by atoms with Crippen LogP contribution in [-0.2, 0) is 6.42 Å². The number of benzene rings is 1. The predicted octanol–water partition coefficient (Wildman–Crippen LogP) is 4.24. The Morgan fingerprint density at radius 2 is 1.76 bits per heavy atom. The number of halogens is 1. The van der Waals surface area contributed by atoms with Gasteiger partial charge in [-0.3, -0.25) is 0 Å². The molecular weight excluding hydrogens is 300 g/mol. The van der Waals surface area contributed by atoms with E-state index in [0.717, 1.165) is 36.1 Å². The zero-order chi connectivity index (χ0) is 14.9. The second kappa shape index (κ2) is 9.06. The molecule has 0 amide bonds. The van der Waals surface area contributed by atoms with Gasteiger partial charge in [0, 0.05) is 18.1 Å². The van der Waals surface area contributed by atoms with Gasteiger partial charge in [-0.25, -0.2) is 0 Å². The van der Waals surface area contributed by atoms with E-state index in [1.165, 1.54) is 31.2 Å². The lowest BCUT2D eigenvalue weighted by atomic mass is 9.97. The lowest BCUT2D eigenvalue weighted by molar-refractivity contribution is 0.667. The molecule has 2 rings (SSSR count). The first-order chi connectivity index (χ1) is 10.2. The van der Waals surface area contributed by atoms with Gasteiger partial charge in [0.25, 0.3) is 0 Å². The van der Waals surface area contributed by atoms with Crippen molar-refractivity contribution in [3.05, 3.63) is 46.5 Å². The highest BCUT2D eigenvalue weighted by atomic mass is 35.5. The maximum absolute atomic E-state index is 5.87. The molecule has 21 heavy (non-hydrogen) atoms. The van der Waals surface area contributed by atoms with Crippen LogP contribution in [0.5, 0.6) is 0 Å². The second-order valence-electron chi connectivity index (χ2n) is 5.42. The van der Waals surface area contributed by atoms with Crippen LogP contribution in [0.15, 0.2) is 35.9 Å². The fourth-order valence-electron chi connectivity index (χ4n) is 2.50. The van der Waals surface area contributed by atoms with Gasteiger partial charge in [-0.05, 0) is 68.4 Å². The molecule has 0 saturated heterocycles. The Hall–Kier alpha value is -1.06. The Kier molecular flexibility index (Phi) is 7.04. The van der Waals surface area contributed by atoms with Crippen molar-refractivity contribution in [2.75, 3.05) is 13.1 Å². The van der Waals surface area contributed by atoms with E-state index in [0.29, 0.717) is 0 Å². The molecular formula is C17H23ClN2S. The summed E-state index contributed by atoms with van der Waals surface area (Å²) >= 11 is 11.2. The molecule has 0 bridgehead atoms. The normalized spacial score (nSPS) is 14.4. The molecule has 0 saturated carbocycles. The Morgan fingerprint density at radius 1 is 1.05 bits per heavy atom. The molecule has 0 unspecified atom stereocenters. The van der Waals surface area contributed by atoms with Crippen LogP contribution in [0.2, 0.25) is 5.02 Å². The Bertz CT molecular complexity index is 482. The first kappa shape index (κ1) is 16.3. The van der Waals surface area contributed by atoms with Crippen molar-refractivity contribution in [1.82, 2.24) is 10.6 Å². The molecule has 1 aliphatic rings. The average Bonchev–Trinajstić information content (AvgIpc) is 2.50. The van der Waals surface area contributed by atoms with Crippen molar-refractivity contribution in [3.63, 3.8) is 0 Å². The number of rotatable bonds is 6. The second-order valence-corrected chi connectivity index (χ2v) is 6.26. The van der Waals surface area contributed by atoms with E-state index in [1.807, 2.05) is 12.1 Å². The quantitative estimate of drug-likeness (QED) is 0.605. The third-order valence-electron chi connectivity index (χ3n) is 3.73. The van der Waals surface area contributed by atoms with Gasteiger partial charge in [0.15, 0.2) is 5.11 Å². The fraction of sp³-hybridized carbons (Fsp3) is 0.471. The summed E-state index contributed by atoms with van der Waals surface area (Å²) in [5.74, 6) is 0. The number of thiocarbonyl (C=S) groups is 1. The average molecular weight is 323 g/mol. The maximum atomic E-state index is 5.87. The monoisotopic (exact) mass is 322 g/mol. The molecule has 0 radical (unpaired) electrons. The minimum absolute atomic E-state index is 0.750. The summed E-state index contributed by atoms with van der Waals surface area (Å²) < 4.78 is 0. The van der Waals surface area contributed by atoms with Gasteiger partial charge >= 0.3 is 0 Å². The van der Waals surface area contributed by atoms with Gasteiger partial charge in [0.2, 0.25) is 0 Å². The summed E-state index contributed by atoms with van der Waals surface area (Å²) in [4.78, 5) is 0. The lowest BCUT2D eigenvalue weighted by Gasteiger charge is -2.14. The van der Waals surface area contributed by atoms with Crippen molar-refractivity contribution < 1.29 is 0 Å². The molecule has 1 aromatic rings. The van der Waals surface area contributed by atoms with Crippen molar-refractivity contribution in [3.8, 4) is 0 Å². The van der Waals surface area contributed by atoms with Gasteiger partial charge in [0.1, 0.15) is 0 Å². The van der Waals surface area contributed by atoms with E-state index in [2.05, 4.69) is 28.8 Å². The third kappa shape index (κ3) is 6.49. The van der Waals surface area contributed by atoms with E-state index in [9.17, 15) is 0 Å². The summed E-state index contributed by atoms with van der Waals surface area (Å²) in [7, 11) is 0. The zero-order valence-corrected chi connectivity index (χ0v) is 13.9. The fourth-order valence-corrected chi connectivity index (χ4v) is 2.83. The van der Waals surface area contributed by atoms with Crippen molar-refractivity contribution in [2.24, 2.45) is 0 Å². The summed E-state index contributed by atoms with van der Waals surface area (Å²) in [5.41, 5.74) is 2.85. The van der Waals surface area contributed by atoms with Crippen LogP contribution in [0.1, 0.15) is 37.7 Å². The van der Waals surface area contributed by atoms with E-state index in [1.54, 1.807) is 5.57 Å². The molecule has 2 nitrogen and oxygen atoms in total. The summed E-state index contributed by atoms with van der Waals surface area (Å²) in [6.45, 7) is 1.77. The van der Waals surface area contributed by atoms with Gasteiger partial charge < -0.3 is 10.6 Å². The van der Waals surface area contributed by atoms with Gasteiger partial charge in [-0.2, -0.15) is 0 Å².